The molecule has 0 aromatic heterocycles. The van der Waals surface area contributed by atoms with E-state index in [-0.39, 0.29) is 5.82 Å². The van der Waals surface area contributed by atoms with Crippen LogP contribution in [0.4, 0.5) is 4.39 Å². The topological polar surface area (TPSA) is 0 Å². The standard InChI is InChI=1S/C20H15F/c21-17-10-8-14(9-11-17)12-15-5-3-7-19-18-6-2-1-4-16(18)13-20(15)19/h1-11H,12-13H2. The molecule has 0 atom stereocenters. The number of rotatable bonds is 2. The van der Waals surface area contributed by atoms with Crippen LogP contribution in [-0.2, 0) is 12.8 Å². The Labute approximate surface area is 123 Å². The Hall–Kier alpha value is -2.41. The largest absolute Gasteiger partial charge is 0.207 e. The van der Waals surface area contributed by atoms with E-state index in [4.69, 9.17) is 0 Å². The number of benzene rings is 3. The summed E-state index contributed by atoms with van der Waals surface area (Å²) in [4.78, 5) is 0. The molecule has 3 aromatic rings. The maximum atomic E-state index is 13.0. The molecule has 0 saturated carbocycles. The van der Waals surface area contributed by atoms with Crippen molar-refractivity contribution in [2.24, 2.45) is 0 Å². The molecule has 0 aliphatic heterocycles. The Balaban J connectivity index is 1.74. The fourth-order valence-corrected chi connectivity index (χ4v) is 3.21. The minimum Gasteiger partial charge on any atom is -0.207 e. The fraction of sp³-hybridized carbons (Fsp3) is 0.100. The lowest BCUT2D eigenvalue weighted by molar-refractivity contribution is 0.627. The smallest absolute Gasteiger partial charge is 0.123 e. The highest BCUT2D eigenvalue weighted by Crippen LogP contribution is 2.38. The average molecular weight is 274 g/mol. The van der Waals surface area contributed by atoms with Crippen LogP contribution in [0.5, 0.6) is 0 Å². The minimum absolute atomic E-state index is 0.176. The zero-order valence-corrected chi connectivity index (χ0v) is 11.6. The van der Waals surface area contributed by atoms with Crippen molar-refractivity contribution in [2.75, 3.05) is 0 Å². The van der Waals surface area contributed by atoms with Crippen molar-refractivity contribution in [3.63, 3.8) is 0 Å². The van der Waals surface area contributed by atoms with E-state index in [1.54, 1.807) is 0 Å². The Morgan fingerprint density at radius 2 is 1.52 bits per heavy atom. The van der Waals surface area contributed by atoms with Crippen molar-refractivity contribution in [3.8, 4) is 11.1 Å². The molecule has 21 heavy (non-hydrogen) atoms. The maximum absolute atomic E-state index is 13.0. The van der Waals surface area contributed by atoms with Crippen LogP contribution >= 0.6 is 0 Å². The lowest BCUT2D eigenvalue weighted by Gasteiger charge is -2.09. The van der Waals surface area contributed by atoms with Gasteiger partial charge in [0.1, 0.15) is 5.82 Å². The van der Waals surface area contributed by atoms with Gasteiger partial charge in [-0.3, -0.25) is 0 Å². The Morgan fingerprint density at radius 3 is 2.38 bits per heavy atom. The van der Waals surface area contributed by atoms with Gasteiger partial charge in [-0.15, -0.1) is 0 Å². The van der Waals surface area contributed by atoms with E-state index in [1.165, 1.54) is 39.9 Å². The van der Waals surface area contributed by atoms with Crippen molar-refractivity contribution in [1.29, 1.82) is 0 Å². The van der Waals surface area contributed by atoms with Gasteiger partial charge in [-0.25, -0.2) is 4.39 Å². The van der Waals surface area contributed by atoms with Crippen LogP contribution in [0.3, 0.4) is 0 Å². The summed E-state index contributed by atoms with van der Waals surface area (Å²) in [5.41, 5.74) is 8.02. The van der Waals surface area contributed by atoms with Crippen molar-refractivity contribution in [1.82, 2.24) is 0 Å². The lowest BCUT2D eigenvalue weighted by Crippen LogP contribution is -1.94. The van der Waals surface area contributed by atoms with Gasteiger partial charge >= 0.3 is 0 Å². The van der Waals surface area contributed by atoms with Crippen LogP contribution in [0, 0.1) is 5.82 Å². The Bertz CT molecular complexity index is 800. The van der Waals surface area contributed by atoms with Crippen molar-refractivity contribution in [2.45, 2.75) is 12.8 Å². The quantitative estimate of drug-likeness (QED) is 0.483. The highest BCUT2D eigenvalue weighted by atomic mass is 19.1. The van der Waals surface area contributed by atoms with Gasteiger partial charge in [0.2, 0.25) is 0 Å². The number of hydrogen-bond donors (Lipinski definition) is 0. The second-order valence-corrected chi connectivity index (χ2v) is 5.58. The summed E-state index contributed by atoms with van der Waals surface area (Å²) in [6, 6.07) is 21.9. The Morgan fingerprint density at radius 1 is 0.762 bits per heavy atom. The van der Waals surface area contributed by atoms with Crippen LogP contribution in [0.15, 0.2) is 66.7 Å². The molecule has 0 N–H and O–H groups in total. The summed E-state index contributed by atoms with van der Waals surface area (Å²) in [5.74, 6) is -0.176. The van der Waals surface area contributed by atoms with E-state index in [9.17, 15) is 4.39 Å². The Kier molecular flexibility index (Phi) is 2.85. The highest BCUT2D eigenvalue weighted by Gasteiger charge is 2.20. The van der Waals surface area contributed by atoms with E-state index in [1.807, 2.05) is 12.1 Å². The maximum Gasteiger partial charge on any atom is 0.123 e. The summed E-state index contributed by atoms with van der Waals surface area (Å²) >= 11 is 0. The van der Waals surface area contributed by atoms with E-state index in [0.29, 0.717) is 0 Å². The fourth-order valence-electron chi connectivity index (χ4n) is 3.21. The molecule has 0 fully saturated rings. The van der Waals surface area contributed by atoms with Crippen molar-refractivity contribution >= 4 is 0 Å². The molecule has 0 bridgehead atoms. The second kappa shape index (κ2) is 4.85. The predicted molar refractivity (Wildman–Crippen MR) is 83.9 cm³/mol. The first-order valence-corrected chi connectivity index (χ1v) is 7.25. The van der Waals surface area contributed by atoms with Crippen LogP contribution in [0.1, 0.15) is 22.3 Å². The molecule has 0 spiro atoms. The molecule has 4 rings (SSSR count). The molecule has 3 aromatic carbocycles. The van der Waals surface area contributed by atoms with Crippen LogP contribution in [-0.4, -0.2) is 0 Å². The summed E-state index contributed by atoms with van der Waals surface area (Å²) in [6.45, 7) is 0. The summed E-state index contributed by atoms with van der Waals surface area (Å²) in [6.07, 6.45) is 1.86. The van der Waals surface area contributed by atoms with E-state index in [2.05, 4.69) is 42.5 Å². The van der Waals surface area contributed by atoms with Crippen molar-refractivity contribution < 1.29 is 4.39 Å². The zero-order chi connectivity index (χ0) is 14.2. The van der Waals surface area contributed by atoms with Crippen LogP contribution < -0.4 is 0 Å². The first-order chi connectivity index (χ1) is 10.3. The molecule has 1 aliphatic rings. The van der Waals surface area contributed by atoms with Gasteiger partial charge in [0.25, 0.3) is 0 Å². The number of fused-ring (bicyclic) bond motifs is 3. The van der Waals surface area contributed by atoms with Gasteiger partial charge < -0.3 is 0 Å². The zero-order valence-electron chi connectivity index (χ0n) is 11.6. The van der Waals surface area contributed by atoms with E-state index < -0.39 is 0 Å². The molecule has 0 radical (unpaired) electrons. The van der Waals surface area contributed by atoms with Crippen LogP contribution in [0.25, 0.3) is 11.1 Å². The van der Waals surface area contributed by atoms with Gasteiger partial charge in [0.05, 0.1) is 0 Å². The third-order valence-electron chi connectivity index (χ3n) is 4.26. The minimum atomic E-state index is -0.176. The first-order valence-electron chi connectivity index (χ1n) is 7.25. The number of halogens is 1. The molecule has 1 heteroatoms. The first kappa shape index (κ1) is 12.3. The van der Waals surface area contributed by atoms with Gasteiger partial charge in [-0.05, 0) is 58.4 Å². The van der Waals surface area contributed by atoms with Gasteiger partial charge in [-0.2, -0.15) is 0 Å². The lowest BCUT2D eigenvalue weighted by atomic mass is 9.96. The van der Waals surface area contributed by atoms with Crippen molar-refractivity contribution in [3.05, 3.63) is 94.8 Å². The predicted octanol–water partition coefficient (Wildman–Crippen LogP) is 4.99. The average Bonchev–Trinajstić information content (AvgIpc) is 2.89. The molecule has 0 heterocycles. The van der Waals surface area contributed by atoms with Gasteiger partial charge in [-0.1, -0.05) is 54.6 Å². The molecule has 1 aliphatic carbocycles. The van der Waals surface area contributed by atoms with Gasteiger partial charge in [0.15, 0.2) is 0 Å². The number of hydrogen-bond acceptors (Lipinski definition) is 0. The van der Waals surface area contributed by atoms with Gasteiger partial charge in [0, 0.05) is 0 Å². The van der Waals surface area contributed by atoms with Crippen LogP contribution in [0.2, 0.25) is 0 Å². The molecular formula is C20H15F. The molecule has 0 amide bonds. The molecule has 102 valence electrons. The summed E-state index contributed by atoms with van der Waals surface area (Å²) < 4.78 is 13.0. The second-order valence-electron chi connectivity index (χ2n) is 5.58. The SMILES string of the molecule is Fc1ccc(Cc2cccc3c2Cc2ccccc2-3)cc1. The van der Waals surface area contributed by atoms with E-state index >= 15 is 0 Å². The molecule has 0 unspecified atom stereocenters. The monoisotopic (exact) mass is 274 g/mol. The summed E-state index contributed by atoms with van der Waals surface area (Å²) in [5, 5.41) is 0. The third kappa shape index (κ3) is 2.15. The normalized spacial score (nSPS) is 12.0. The highest BCUT2D eigenvalue weighted by molar-refractivity contribution is 5.78. The third-order valence-corrected chi connectivity index (χ3v) is 4.26. The molecule has 0 nitrogen and oxygen atoms in total. The summed E-state index contributed by atoms with van der Waals surface area (Å²) in [7, 11) is 0. The molecule has 0 saturated heterocycles. The van der Waals surface area contributed by atoms with E-state index in [0.717, 1.165) is 18.4 Å². The molecular weight excluding hydrogens is 259 g/mol.